The number of amides is 1. The van der Waals surface area contributed by atoms with Crippen LogP contribution in [0.1, 0.15) is 42.5 Å². The Labute approximate surface area is 159 Å². The second-order valence-electron chi connectivity index (χ2n) is 7.98. The Bertz CT molecular complexity index is 798. The first-order valence-electron chi connectivity index (χ1n) is 9.73. The first-order valence-corrected chi connectivity index (χ1v) is 10.6. The SMILES string of the molecule is Cc1sc2ccccc2c1CN1CCCC(O)(CNC(=O)C2CC2)CC1. The first-order chi connectivity index (χ1) is 12.5. The Kier molecular flexibility index (Phi) is 5.04. The van der Waals surface area contributed by atoms with Crippen LogP contribution >= 0.6 is 11.3 Å². The van der Waals surface area contributed by atoms with Gasteiger partial charge in [-0.1, -0.05) is 18.2 Å². The summed E-state index contributed by atoms with van der Waals surface area (Å²) >= 11 is 1.87. The van der Waals surface area contributed by atoms with Crippen LogP contribution in [0.3, 0.4) is 0 Å². The highest BCUT2D eigenvalue weighted by Gasteiger charge is 2.34. The van der Waals surface area contributed by atoms with Crippen molar-refractivity contribution in [3.63, 3.8) is 0 Å². The summed E-state index contributed by atoms with van der Waals surface area (Å²) in [4.78, 5) is 15.7. The molecule has 2 N–H and O–H groups in total. The van der Waals surface area contributed by atoms with Crippen molar-refractivity contribution >= 4 is 27.3 Å². The molecule has 0 bridgehead atoms. The molecule has 1 aromatic heterocycles. The summed E-state index contributed by atoms with van der Waals surface area (Å²) in [6, 6.07) is 8.63. The van der Waals surface area contributed by atoms with Crippen molar-refractivity contribution in [2.75, 3.05) is 19.6 Å². The third kappa shape index (κ3) is 3.95. The van der Waals surface area contributed by atoms with E-state index in [1.807, 2.05) is 11.3 Å². The first kappa shape index (κ1) is 18.0. The molecular weight excluding hydrogens is 344 g/mol. The van der Waals surface area contributed by atoms with E-state index in [-0.39, 0.29) is 11.8 Å². The van der Waals surface area contributed by atoms with E-state index in [1.54, 1.807) is 0 Å². The summed E-state index contributed by atoms with van der Waals surface area (Å²) in [5.41, 5.74) is 0.670. The van der Waals surface area contributed by atoms with Crippen molar-refractivity contribution in [1.29, 1.82) is 0 Å². The predicted octanol–water partition coefficient (Wildman–Crippen LogP) is 3.45. The molecule has 1 saturated heterocycles. The van der Waals surface area contributed by atoms with Crippen molar-refractivity contribution in [3.05, 3.63) is 34.7 Å². The number of fused-ring (bicyclic) bond motifs is 1. The number of hydrogen-bond donors (Lipinski definition) is 2. The molecule has 2 fully saturated rings. The minimum Gasteiger partial charge on any atom is -0.388 e. The number of likely N-dealkylation sites (tertiary alicyclic amines) is 1. The summed E-state index contributed by atoms with van der Waals surface area (Å²) in [5.74, 6) is 0.329. The molecular formula is C21H28N2O2S. The van der Waals surface area contributed by atoms with Crippen molar-refractivity contribution in [2.24, 2.45) is 5.92 Å². The number of rotatable bonds is 5. The summed E-state index contributed by atoms with van der Waals surface area (Å²) in [6.45, 7) is 5.43. The zero-order chi connectivity index (χ0) is 18.1. The van der Waals surface area contributed by atoms with Crippen LogP contribution in [0, 0.1) is 12.8 Å². The lowest BCUT2D eigenvalue weighted by atomic mass is 9.95. The van der Waals surface area contributed by atoms with Gasteiger partial charge in [0.15, 0.2) is 0 Å². The van der Waals surface area contributed by atoms with Crippen LogP contribution in [-0.4, -0.2) is 41.1 Å². The van der Waals surface area contributed by atoms with Crippen molar-refractivity contribution in [2.45, 2.75) is 51.2 Å². The second-order valence-corrected chi connectivity index (χ2v) is 9.24. The van der Waals surface area contributed by atoms with Crippen LogP contribution in [0.25, 0.3) is 10.1 Å². The molecule has 0 radical (unpaired) electrons. The number of aliphatic hydroxyl groups is 1. The van der Waals surface area contributed by atoms with Gasteiger partial charge in [0.25, 0.3) is 0 Å². The number of aryl methyl sites for hydroxylation is 1. The van der Waals surface area contributed by atoms with Gasteiger partial charge in [0.05, 0.1) is 5.60 Å². The normalized spacial score (nSPS) is 24.5. The van der Waals surface area contributed by atoms with E-state index in [1.165, 1.54) is 20.5 Å². The van der Waals surface area contributed by atoms with Gasteiger partial charge in [-0.05, 0) is 62.6 Å². The number of nitrogens with zero attached hydrogens (tertiary/aromatic N) is 1. The fraction of sp³-hybridized carbons (Fsp3) is 0.571. The van der Waals surface area contributed by atoms with Gasteiger partial charge in [0.2, 0.25) is 5.91 Å². The van der Waals surface area contributed by atoms with Crippen molar-refractivity contribution < 1.29 is 9.90 Å². The van der Waals surface area contributed by atoms with Crippen molar-refractivity contribution in [3.8, 4) is 0 Å². The van der Waals surface area contributed by atoms with Crippen LogP contribution in [0.2, 0.25) is 0 Å². The van der Waals surface area contributed by atoms with E-state index in [4.69, 9.17) is 0 Å². The molecule has 4 nitrogen and oxygen atoms in total. The van der Waals surface area contributed by atoms with Gasteiger partial charge in [-0.3, -0.25) is 9.69 Å². The Morgan fingerprint density at radius 2 is 2.12 bits per heavy atom. The fourth-order valence-electron chi connectivity index (χ4n) is 3.95. The molecule has 2 heterocycles. The third-order valence-corrected chi connectivity index (χ3v) is 6.96. The van der Waals surface area contributed by atoms with Gasteiger partial charge < -0.3 is 10.4 Å². The van der Waals surface area contributed by atoms with Crippen LogP contribution in [0.4, 0.5) is 0 Å². The number of thiophene rings is 1. The molecule has 1 amide bonds. The summed E-state index contributed by atoms with van der Waals surface area (Å²) in [5, 5.41) is 15.3. The molecule has 0 spiro atoms. The summed E-state index contributed by atoms with van der Waals surface area (Å²) in [7, 11) is 0. The van der Waals surface area contributed by atoms with Gasteiger partial charge in [0, 0.05) is 35.1 Å². The van der Waals surface area contributed by atoms with Crippen LogP contribution in [0.15, 0.2) is 24.3 Å². The zero-order valence-corrected chi connectivity index (χ0v) is 16.3. The molecule has 26 heavy (non-hydrogen) atoms. The Balaban J connectivity index is 1.38. The van der Waals surface area contributed by atoms with E-state index in [0.29, 0.717) is 6.54 Å². The monoisotopic (exact) mass is 372 g/mol. The maximum absolute atomic E-state index is 11.9. The van der Waals surface area contributed by atoms with Crippen molar-refractivity contribution in [1.82, 2.24) is 10.2 Å². The number of benzene rings is 1. The number of carbonyl (C=O) groups excluding carboxylic acids is 1. The average molecular weight is 373 g/mol. The minimum atomic E-state index is -0.759. The topological polar surface area (TPSA) is 52.6 Å². The van der Waals surface area contributed by atoms with Gasteiger partial charge in [0.1, 0.15) is 0 Å². The summed E-state index contributed by atoms with van der Waals surface area (Å²) in [6.07, 6.45) is 4.46. The van der Waals surface area contributed by atoms with Gasteiger partial charge in [-0.2, -0.15) is 0 Å². The number of nitrogens with one attached hydrogen (secondary N) is 1. The van der Waals surface area contributed by atoms with Gasteiger partial charge in [-0.25, -0.2) is 0 Å². The molecule has 1 saturated carbocycles. The molecule has 1 aromatic carbocycles. The number of hydrogen-bond acceptors (Lipinski definition) is 4. The zero-order valence-electron chi connectivity index (χ0n) is 15.5. The third-order valence-electron chi connectivity index (χ3n) is 5.83. The predicted molar refractivity (Wildman–Crippen MR) is 106 cm³/mol. The molecule has 2 aromatic rings. The summed E-state index contributed by atoms with van der Waals surface area (Å²) < 4.78 is 1.36. The van der Waals surface area contributed by atoms with E-state index in [2.05, 4.69) is 41.4 Å². The highest BCUT2D eigenvalue weighted by atomic mass is 32.1. The molecule has 1 atom stereocenters. The Hall–Kier alpha value is -1.43. The quantitative estimate of drug-likeness (QED) is 0.845. The molecule has 2 aliphatic rings. The van der Waals surface area contributed by atoms with E-state index in [0.717, 1.165) is 51.7 Å². The smallest absolute Gasteiger partial charge is 0.223 e. The van der Waals surface area contributed by atoms with E-state index < -0.39 is 5.60 Å². The maximum atomic E-state index is 11.9. The fourth-order valence-corrected chi connectivity index (χ4v) is 5.03. The molecule has 4 rings (SSSR count). The molecule has 1 aliphatic heterocycles. The van der Waals surface area contributed by atoms with Crippen LogP contribution in [0.5, 0.6) is 0 Å². The molecule has 5 heteroatoms. The second kappa shape index (κ2) is 7.29. The molecule has 140 valence electrons. The lowest BCUT2D eigenvalue weighted by Crippen LogP contribution is -2.44. The molecule has 1 unspecified atom stereocenters. The highest BCUT2D eigenvalue weighted by Crippen LogP contribution is 2.33. The minimum absolute atomic E-state index is 0.125. The lowest BCUT2D eigenvalue weighted by Gasteiger charge is -2.27. The Morgan fingerprint density at radius 1 is 1.31 bits per heavy atom. The van der Waals surface area contributed by atoms with E-state index >= 15 is 0 Å². The standard InChI is InChI=1S/C21H28N2O2S/c1-15-18(17-5-2-3-6-19(17)26-15)13-23-11-4-9-21(25,10-12-23)14-22-20(24)16-7-8-16/h2-3,5-6,16,25H,4,7-14H2,1H3,(H,22,24). The maximum Gasteiger partial charge on any atom is 0.223 e. The largest absolute Gasteiger partial charge is 0.388 e. The van der Waals surface area contributed by atoms with E-state index in [9.17, 15) is 9.90 Å². The van der Waals surface area contributed by atoms with Crippen LogP contribution in [-0.2, 0) is 11.3 Å². The number of carbonyl (C=O) groups is 1. The lowest BCUT2D eigenvalue weighted by molar-refractivity contribution is -0.123. The highest BCUT2D eigenvalue weighted by molar-refractivity contribution is 7.19. The van der Waals surface area contributed by atoms with Gasteiger partial charge >= 0.3 is 0 Å². The van der Waals surface area contributed by atoms with Crippen LogP contribution < -0.4 is 5.32 Å². The Morgan fingerprint density at radius 3 is 2.92 bits per heavy atom. The average Bonchev–Trinajstić information content (AvgIpc) is 3.44. The van der Waals surface area contributed by atoms with Gasteiger partial charge in [-0.15, -0.1) is 11.3 Å². The molecule has 1 aliphatic carbocycles.